The quantitative estimate of drug-likeness (QED) is 0.648. The Morgan fingerprint density at radius 3 is 2.70 bits per heavy atom. The van der Waals surface area contributed by atoms with Gasteiger partial charge in [-0.05, 0) is 31.9 Å². The molecular formula is C15H23ClN4O3. The van der Waals surface area contributed by atoms with Crippen LogP contribution in [-0.2, 0) is 4.79 Å². The SMILES string of the molecule is CC1CC(CN)CN1C(=O)CN(C)c1ccccc1[N+](=O)[O-].Cl. The number of carbonyl (C=O) groups is 1. The molecule has 1 heterocycles. The average molecular weight is 343 g/mol. The molecule has 1 amide bonds. The molecule has 0 aromatic heterocycles. The van der Waals surface area contributed by atoms with E-state index in [4.69, 9.17) is 5.73 Å². The predicted octanol–water partition coefficient (Wildman–Crippen LogP) is 1.65. The summed E-state index contributed by atoms with van der Waals surface area (Å²) in [4.78, 5) is 26.5. The Morgan fingerprint density at radius 1 is 1.48 bits per heavy atom. The van der Waals surface area contributed by atoms with E-state index in [0.717, 1.165) is 6.42 Å². The van der Waals surface area contributed by atoms with Crippen LogP contribution >= 0.6 is 12.4 Å². The monoisotopic (exact) mass is 342 g/mol. The number of nitrogens with zero attached hydrogens (tertiary/aromatic N) is 3. The highest BCUT2D eigenvalue weighted by atomic mass is 35.5. The number of anilines is 1. The maximum Gasteiger partial charge on any atom is 0.292 e. The van der Waals surface area contributed by atoms with Crippen LogP contribution in [0.15, 0.2) is 24.3 Å². The Bertz CT molecular complexity index is 569. The van der Waals surface area contributed by atoms with Crippen molar-refractivity contribution in [2.24, 2.45) is 11.7 Å². The summed E-state index contributed by atoms with van der Waals surface area (Å²) in [6.07, 6.45) is 0.914. The fraction of sp³-hybridized carbons (Fsp3) is 0.533. The van der Waals surface area contributed by atoms with Crippen molar-refractivity contribution in [3.8, 4) is 0 Å². The second kappa shape index (κ2) is 8.12. The molecule has 0 spiro atoms. The molecule has 2 unspecified atom stereocenters. The lowest BCUT2D eigenvalue weighted by atomic mass is 10.1. The van der Waals surface area contributed by atoms with E-state index in [2.05, 4.69) is 0 Å². The third-order valence-corrected chi connectivity index (χ3v) is 4.18. The van der Waals surface area contributed by atoms with Gasteiger partial charge in [-0.1, -0.05) is 12.1 Å². The maximum absolute atomic E-state index is 12.5. The molecule has 1 saturated heterocycles. The largest absolute Gasteiger partial charge is 0.360 e. The van der Waals surface area contributed by atoms with E-state index in [1.54, 1.807) is 30.1 Å². The van der Waals surface area contributed by atoms with E-state index in [1.807, 2.05) is 11.8 Å². The van der Waals surface area contributed by atoms with Gasteiger partial charge in [0.15, 0.2) is 0 Å². The van der Waals surface area contributed by atoms with Gasteiger partial charge in [-0.25, -0.2) is 0 Å². The zero-order valence-electron chi connectivity index (χ0n) is 13.3. The van der Waals surface area contributed by atoms with Crippen molar-refractivity contribution in [1.29, 1.82) is 0 Å². The number of hydrogen-bond acceptors (Lipinski definition) is 5. The van der Waals surface area contributed by atoms with Crippen LogP contribution in [0.3, 0.4) is 0 Å². The summed E-state index contributed by atoms with van der Waals surface area (Å²) < 4.78 is 0. The molecule has 0 aliphatic carbocycles. The number of nitro groups is 1. The summed E-state index contributed by atoms with van der Waals surface area (Å²) in [5.41, 5.74) is 6.13. The number of hydrogen-bond donors (Lipinski definition) is 1. The zero-order chi connectivity index (χ0) is 16.3. The van der Waals surface area contributed by atoms with Crippen LogP contribution in [0.2, 0.25) is 0 Å². The first-order valence-electron chi connectivity index (χ1n) is 7.38. The molecule has 2 rings (SSSR count). The number of para-hydroxylation sites is 2. The highest BCUT2D eigenvalue weighted by Gasteiger charge is 2.32. The first-order chi connectivity index (χ1) is 10.4. The van der Waals surface area contributed by atoms with Gasteiger partial charge in [0.05, 0.1) is 11.5 Å². The fourth-order valence-corrected chi connectivity index (χ4v) is 2.98. The van der Waals surface area contributed by atoms with Gasteiger partial charge in [-0.2, -0.15) is 0 Å². The smallest absolute Gasteiger partial charge is 0.292 e. The van der Waals surface area contributed by atoms with Gasteiger partial charge in [0.1, 0.15) is 5.69 Å². The molecule has 0 saturated carbocycles. The van der Waals surface area contributed by atoms with Gasteiger partial charge in [0.2, 0.25) is 5.91 Å². The molecule has 2 N–H and O–H groups in total. The van der Waals surface area contributed by atoms with Crippen LogP contribution in [0.5, 0.6) is 0 Å². The third kappa shape index (κ3) is 4.33. The van der Waals surface area contributed by atoms with E-state index < -0.39 is 4.92 Å². The lowest BCUT2D eigenvalue weighted by Crippen LogP contribution is -2.41. The van der Waals surface area contributed by atoms with Crippen LogP contribution in [-0.4, -0.2) is 48.5 Å². The Morgan fingerprint density at radius 2 is 2.13 bits per heavy atom. The van der Waals surface area contributed by atoms with Gasteiger partial charge in [-0.3, -0.25) is 14.9 Å². The minimum atomic E-state index is -0.431. The third-order valence-electron chi connectivity index (χ3n) is 4.18. The topological polar surface area (TPSA) is 92.7 Å². The minimum Gasteiger partial charge on any atom is -0.360 e. The highest BCUT2D eigenvalue weighted by molar-refractivity contribution is 5.85. The molecule has 0 bridgehead atoms. The van der Waals surface area contributed by atoms with E-state index in [0.29, 0.717) is 24.7 Å². The van der Waals surface area contributed by atoms with Crippen LogP contribution in [0.4, 0.5) is 11.4 Å². The second-order valence-corrected chi connectivity index (χ2v) is 5.83. The summed E-state index contributed by atoms with van der Waals surface area (Å²) in [6, 6.07) is 6.61. The molecule has 1 fully saturated rings. The lowest BCUT2D eigenvalue weighted by Gasteiger charge is -2.25. The summed E-state index contributed by atoms with van der Waals surface area (Å²) >= 11 is 0. The maximum atomic E-state index is 12.5. The summed E-state index contributed by atoms with van der Waals surface area (Å²) in [6.45, 7) is 3.38. The van der Waals surface area contributed by atoms with Crippen LogP contribution < -0.4 is 10.6 Å². The molecule has 7 nitrogen and oxygen atoms in total. The van der Waals surface area contributed by atoms with Gasteiger partial charge in [-0.15, -0.1) is 12.4 Å². The van der Waals surface area contributed by atoms with Crippen molar-refractivity contribution in [3.63, 3.8) is 0 Å². The van der Waals surface area contributed by atoms with Gasteiger partial charge in [0.25, 0.3) is 5.69 Å². The minimum absolute atomic E-state index is 0. The Kier molecular flexibility index (Phi) is 6.78. The first-order valence-corrected chi connectivity index (χ1v) is 7.38. The number of nitrogens with two attached hydrogens (primary N) is 1. The number of halogens is 1. The number of benzene rings is 1. The average Bonchev–Trinajstić information content (AvgIpc) is 2.88. The zero-order valence-corrected chi connectivity index (χ0v) is 14.2. The number of likely N-dealkylation sites (tertiary alicyclic amines) is 1. The van der Waals surface area contributed by atoms with Crippen LogP contribution in [0, 0.1) is 16.0 Å². The molecule has 128 valence electrons. The van der Waals surface area contributed by atoms with Crippen molar-refractivity contribution >= 4 is 29.7 Å². The van der Waals surface area contributed by atoms with Crippen LogP contribution in [0.25, 0.3) is 0 Å². The van der Waals surface area contributed by atoms with Gasteiger partial charge in [0, 0.05) is 25.7 Å². The van der Waals surface area contributed by atoms with Crippen molar-refractivity contribution in [3.05, 3.63) is 34.4 Å². The number of nitro benzene ring substituents is 1. The van der Waals surface area contributed by atoms with Gasteiger partial charge < -0.3 is 15.5 Å². The van der Waals surface area contributed by atoms with E-state index >= 15 is 0 Å². The van der Waals surface area contributed by atoms with Crippen molar-refractivity contribution in [2.45, 2.75) is 19.4 Å². The molecular weight excluding hydrogens is 320 g/mol. The lowest BCUT2D eigenvalue weighted by molar-refractivity contribution is -0.384. The molecule has 23 heavy (non-hydrogen) atoms. The Labute approximate surface area is 142 Å². The van der Waals surface area contributed by atoms with Crippen molar-refractivity contribution < 1.29 is 9.72 Å². The molecule has 1 aliphatic heterocycles. The van der Waals surface area contributed by atoms with Crippen molar-refractivity contribution in [1.82, 2.24) is 4.90 Å². The number of likely N-dealkylation sites (N-methyl/N-ethyl adjacent to an activating group) is 1. The van der Waals surface area contributed by atoms with Crippen LogP contribution in [0.1, 0.15) is 13.3 Å². The van der Waals surface area contributed by atoms with E-state index in [1.165, 1.54) is 6.07 Å². The molecule has 1 aromatic rings. The molecule has 0 radical (unpaired) electrons. The van der Waals surface area contributed by atoms with E-state index in [9.17, 15) is 14.9 Å². The van der Waals surface area contributed by atoms with Crippen molar-refractivity contribution in [2.75, 3.05) is 31.6 Å². The van der Waals surface area contributed by atoms with E-state index in [-0.39, 0.29) is 36.6 Å². The molecule has 1 aromatic carbocycles. The Balaban J connectivity index is 0.00000264. The standard InChI is InChI=1S/C15H22N4O3.ClH/c1-11-7-12(8-16)9-18(11)15(20)10-17(2)13-5-3-4-6-14(13)19(21)22;/h3-6,11-12H,7-10,16H2,1-2H3;1H. The Hall–Kier alpha value is -1.86. The molecule has 1 aliphatic rings. The summed E-state index contributed by atoms with van der Waals surface area (Å²) in [5.74, 6) is 0.319. The summed E-state index contributed by atoms with van der Waals surface area (Å²) in [5, 5.41) is 11.1. The normalized spacial score (nSPS) is 20.0. The number of rotatable bonds is 5. The highest BCUT2D eigenvalue weighted by Crippen LogP contribution is 2.27. The fourth-order valence-electron chi connectivity index (χ4n) is 2.98. The first kappa shape index (κ1) is 19.2. The second-order valence-electron chi connectivity index (χ2n) is 5.83. The molecule has 2 atom stereocenters. The molecule has 8 heteroatoms. The predicted molar refractivity (Wildman–Crippen MR) is 92.0 cm³/mol. The number of carbonyl (C=O) groups excluding carboxylic acids is 1. The summed E-state index contributed by atoms with van der Waals surface area (Å²) in [7, 11) is 1.70. The number of amides is 1. The van der Waals surface area contributed by atoms with Gasteiger partial charge >= 0.3 is 0 Å².